The lowest BCUT2D eigenvalue weighted by Crippen LogP contribution is -2.73. The molecule has 42 heavy (non-hydrogen) atoms. The number of carbonyl (C=O) groups excluding carboxylic acids is 2. The summed E-state index contributed by atoms with van der Waals surface area (Å²) in [7, 11) is 0. The van der Waals surface area contributed by atoms with E-state index in [0.717, 1.165) is 22.4 Å². The number of nitrogens with zero attached hydrogens (tertiary/aromatic N) is 2. The molecule has 1 fully saturated rings. The summed E-state index contributed by atoms with van der Waals surface area (Å²) < 4.78 is 10.7. The molecule has 1 aromatic heterocycles. The molecule has 3 aliphatic rings. The summed E-state index contributed by atoms with van der Waals surface area (Å²) in [4.78, 5) is 51.6. The first-order chi connectivity index (χ1) is 20.1. The molecule has 3 aromatic rings. The molecule has 0 saturated carbocycles. The van der Waals surface area contributed by atoms with E-state index in [1.165, 1.54) is 29.7 Å². The van der Waals surface area contributed by atoms with Crippen LogP contribution in [0.4, 0.5) is 5.69 Å². The van der Waals surface area contributed by atoms with Gasteiger partial charge in [-0.1, -0.05) is 6.07 Å². The molecule has 0 unspecified atom stereocenters. The lowest BCUT2D eigenvalue weighted by Gasteiger charge is -2.55. The quantitative estimate of drug-likeness (QED) is 0.170. The van der Waals surface area contributed by atoms with Crippen LogP contribution in [0.3, 0.4) is 0 Å². The summed E-state index contributed by atoms with van der Waals surface area (Å²) in [6.07, 6.45) is -0.0101. The van der Waals surface area contributed by atoms with Crippen molar-refractivity contribution in [3.63, 3.8) is 0 Å². The van der Waals surface area contributed by atoms with Crippen molar-refractivity contribution in [3.05, 3.63) is 68.9 Å². The van der Waals surface area contributed by atoms with E-state index in [4.69, 9.17) is 9.47 Å². The van der Waals surface area contributed by atoms with Gasteiger partial charge in [-0.05, 0) is 48.2 Å². The molecule has 0 radical (unpaired) electrons. The van der Waals surface area contributed by atoms with Crippen LogP contribution in [0.1, 0.15) is 18.1 Å². The Labute approximate surface area is 242 Å². The number of H-pyrrole nitrogens is 1. The summed E-state index contributed by atoms with van der Waals surface area (Å²) in [6.45, 7) is 0.723. The smallest absolute Gasteiger partial charge is 0.352 e. The molecular weight excluding hydrogens is 568 g/mol. The second-order valence-corrected chi connectivity index (χ2v) is 11.3. The molecule has 218 valence electrons. The minimum Gasteiger partial charge on any atom is -0.484 e. The molecule has 6 rings (SSSR count). The third-order valence-corrected chi connectivity index (χ3v) is 9.03. The number of non-ortho nitro benzene ring substituents is 1. The first kappa shape index (κ1) is 27.6. The van der Waals surface area contributed by atoms with E-state index in [2.05, 4.69) is 10.3 Å². The molecule has 2 aliphatic heterocycles. The zero-order valence-electron chi connectivity index (χ0n) is 22.3. The van der Waals surface area contributed by atoms with Crippen LogP contribution in [0.2, 0.25) is 0 Å². The molecule has 1 amide bonds. The Morgan fingerprint density at radius 2 is 2.05 bits per heavy atom. The number of aromatic nitrogens is 1. The van der Waals surface area contributed by atoms with Crippen LogP contribution >= 0.6 is 11.8 Å². The van der Waals surface area contributed by atoms with Crippen molar-refractivity contribution in [2.45, 2.75) is 37.4 Å². The minimum absolute atomic E-state index is 0.0726. The molecule has 0 spiro atoms. The van der Waals surface area contributed by atoms with Gasteiger partial charge in [0, 0.05) is 29.9 Å². The summed E-state index contributed by atoms with van der Waals surface area (Å²) in [5, 5.41) is 34.8. The van der Waals surface area contributed by atoms with Gasteiger partial charge in [-0.3, -0.25) is 19.7 Å². The van der Waals surface area contributed by atoms with Crippen molar-refractivity contribution in [3.8, 4) is 17.0 Å². The third kappa shape index (κ3) is 4.71. The standard InChI is InChI=1S/C28H26N4O9S/c1-13(33)40-10-15-12-42-27-24(26(35)31(27)25(15)28(36)37)30-21(34)11-41-16-6-8-17-14(9-16)5-7-18-22-19(29-23(17)18)3-2-4-20(22)32(38)39/h2-4,6,8-9,24,26-27,29,35H,5,7,10-12H2,1H3,(H,30,34)(H,36,37)/t24-,26-,27-/m1/s1. The van der Waals surface area contributed by atoms with Gasteiger partial charge in [-0.25, -0.2) is 4.79 Å². The highest BCUT2D eigenvalue weighted by atomic mass is 32.2. The average Bonchev–Trinajstić information content (AvgIpc) is 3.36. The van der Waals surface area contributed by atoms with Gasteiger partial charge in [-0.15, -0.1) is 11.8 Å². The maximum atomic E-state index is 12.7. The Morgan fingerprint density at radius 3 is 2.79 bits per heavy atom. The van der Waals surface area contributed by atoms with Gasteiger partial charge in [0.25, 0.3) is 11.6 Å². The lowest BCUT2D eigenvalue weighted by molar-refractivity contribution is -0.383. The fourth-order valence-corrected chi connectivity index (χ4v) is 7.20. The molecule has 13 nitrogen and oxygen atoms in total. The number of nitrogens with one attached hydrogen (secondary N) is 2. The van der Waals surface area contributed by atoms with E-state index >= 15 is 0 Å². The molecule has 3 heterocycles. The second-order valence-electron chi connectivity index (χ2n) is 10.2. The topological polar surface area (TPSA) is 184 Å². The zero-order valence-corrected chi connectivity index (χ0v) is 23.1. The van der Waals surface area contributed by atoms with Crippen LogP contribution in [0.5, 0.6) is 5.75 Å². The number of nitro benzene ring substituents is 1. The van der Waals surface area contributed by atoms with Gasteiger partial charge < -0.3 is 34.9 Å². The lowest BCUT2D eigenvalue weighted by atomic mass is 9.88. The molecule has 1 aliphatic carbocycles. The highest BCUT2D eigenvalue weighted by Crippen LogP contribution is 2.43. The van der Waals surface area contributed by atoms with Gasteiger partial charge in [0.15, 0.2) is 12.8 Å². The van der Waals surface area contributed by atoms with Crippen LogP contribution in [0, 0.1) is 10.1 Å². The van der Waals surface area contributed by atoms with E-state index in [9.17, 15) is 34.7 Å². The Bertz CT molecular complexity index is 1680. The number of fused-ring (bicyclic) bond motifs is 6. The average molecular weight is 595 g/mol. The number of nitro groups is 1. The molecule has 0 bridgehead atoms. The van der Waals surface area contributed by atoms with Crippen LogP contribution in [-0.4, -0.2) is 79.5 Å². The van der Waals surface area contributed by atoms with E-state index in [-0.39, 0.29) is 35.3 Å². The van der Waals surface area contributed by atoms with Crippen molar-refractivity contribution in [2.24, 2.45) is 0 Å². The minimum atomic E-state index is -1.27. The van der Waals surface area contributed by atoms with Crippen molar-refractivity contribution < 1.29 is 39.0 Å². The maximum absolute atomic E-state index is 12.7. The molecule has 4 N–H and O–H groups in total. The van der Waals surface area contributed by atoms with Gasteiger partial charge in [-0.2, -0.15) is 0 Å². The van der Waals surface area contributed by atoms with Crippen LogP contribution < -0.4 is 10.1 Å². The van der Waals surface area contributed by atoms with Gasteiger partial charge in [0.2, 0.25) is 0 Å². The highest BCUT2D eigenvalue weighted by molar-refractivity contribution is 8.00. The number of aliphatic hydroxyl groups excluding tert-OH is 1. The number of hydrogen-bond acceptors (Lipinski definition) is 10. The van der Waals surface area contributed by atoms with Gasteiger partial charge in [0.1, 0.15) is 29.5 Å². The molecule has 3 atom stereocenters. The maximum Gasteiger partial charge on any atom is 0.352 e. The number of carbonyl (C=O) groups is 3. The number of benzene rings is 2. The number of rotatable bonds is 8. The van der Waals surface area contributed by atoms with Crippen molar-refractivity contribution in [2.75, 3.05) is 19.0 Å². The van der Waals surface area contributed by atoms with Crippen molar-refractivity contribution >= 4 is 46.2 Å². The Kier molecular flexibility index (Phi) is 7.02. The van der Waals surface area contributed by atoms with E-state index in [1.807, 2.05) is 18.2 Å². The normalized spacial score (nSPS) is 20.6. The Hall–Kier alpha value is -4.56. The summed E-state index contributed by atoms with van der Waals surface area (Å²) in [5.74, 6) is -1.52. The fourth-order valence-electron chi connectivity index (χ4n) is 5.80. The first-order valence-electron chi connectivity index (χ1n) is 13.1. The fraction of sp³-hybridized carbons (Fsp3) is 0.321. The van der Waals surface area contributed by atoms with Crippen LogP contribution in [0.25, 0.3) is 22.2 Å². The highest BCUT2D eigenvalue weighted by Gasteiger charge is 2.53. The van der Waals surface area contributed by atoms with Gasteiger partial charge >= 0.3 is 11.9 Å². The number of carboxylic acid groups (broad SMARTS) is 1. The largest absolute Gasteiger partial charge is 0.484 e. The number of hydrogen-bond donors (Lipinski definition) is 4. The number of aliphatic carboxylic acids is 1. The monoisotopic (exact) mass is 594 g/mol. The second kappa shape index (κ2) is 10.7. The number of aromatic amines is 1. The van der Waals surface area contributed by atoms with Crippen LogP contribution in [-0.2, 0) is 32.0 Å². The SMILES string of the molecule is CC(=O)OCC1=C(C(=O)O)N2[C@H](O)[C@@H](NC(=O)COc3ccc4c(c3)CCc3c-4[nH]c4cccc([N+](=O)[O-])c34)[C@H]2SC1. The third-order valence-electron chi connectivity index (χ3n) is 7.65. The number of thioether (sulfide) groups is 1. The predicted molar refractivity (Wildman–Crippen MR) is 151 cm³/mol. The molecular formula is C28H26N4O9S. The zero-order chi connectivity index (χ0) is 29.7. The Balaban J connectivity index is 1.11. The number of esters is 1. The predicted octanol–water partition coefficient (Wildman–Crippen LogP) is 2.31. The van der Waals surface area contributed by atoms with Gasteiger partial charge in [0.05, 0.1) is 21.5 Å². The number of amides is 1. The number of aryl methyl sites for hydroxylation is 2. The van der Waals surface area contributed by atoms with Crippen molar-refractivity contribution in [1.82, 2.24) is 15.2 Å². The van der Waals surface area contributed by atoms with E-state index in [0.29, 0.717) is 35.1 Å². The summed E-state index contributed by atoms with van der Waals surface area (Å²) in [5.41, 5.74) is 4.67. The van der Waals surface area contributed by atoms with E-state index < -0.39 is 35.5 Å². The number of aliphatic hydroxyl groups is 1. The van der Waals surface area contributed by atoms with Crippen molar-refractivity contribution in [1.29, 1.82) is 0 Å². The number of ether oxygens (including phenoxy) is 2. The first-order valence-corrected chi connectivity index (χ1v) is 14.2. The summed E-state index contributed by atoms with van der Waals surface area (Å²) >= 11 is 1.33. The Morgan fingerprint density at radius 1 is 1.24 bits per heavy atom. The molecule has 1 saturated heterocycles. The number of carboxylic acids is 1. The molecule has 14 heteroatoms. The molecule has 2 aromatic carbocycles. The van der Waals surface area contributed by atoms with Crippen LogP contribution in [0.15, 0.2) is 47.7 Å². The van der Waals surface area contributed by atoms with E-state index in [1.54, 1.807) is 12.1 Å². The summed E-state index contributed by atoms with van der Waals surface area (Å²) in [6, 6.07) is 9.70.